The number of nitrogens with one attached hydrogen (secondary N) is 2. The second kappa shape index (κ2) is 13.1. The van der Waals surface area contributed by atoms with Gasteiger partial charge in [0.05, 0.1) is 0 Å². The zero-order valence-electron chi connectivity index (χ0n) is 19.6. The summed E-state index contributed by atoms with van der Waals surface area (Å²) >= 11 is 5.96. The van der Waals surface area contributed by atoms with Crippen LogP contribution in [0.15, 0.2) is 12.2 Å². The minimum Gasteiger partial charge on any atom is -0.353 e. The van der Waals surface area contributed by atoms with Crippen molar-refractivity contribution in [3.05, 3.63) is 12.2 Å². The lowest BCUT2D eigenvalue weighted by atomic mass is 9.80. The quantitative estimate of drug-likeness (QED) is 0.127. The van der Waals surface area contributed by atoms with Gasteiger partial charge in [-0.1, -0.05) is 26.8 Å². The Balaban J connectivity index is 2.49. The average Bonchev–Trinajstić information content (AvgIpc) is 3.47. The normalized spacial score (nSPS) is 25.6. The maximum Gasteiger partial charge on any atom is 0.142 e. The Morgan fingerprint density at radius 2 is 1.93 bits per heavy atom. The highest BCUT2D eigenvalue weighted by atomic mass is 35.5. The van der Waals surface area contributed by atoms with E-state index in [0.717, 1.165) is 31.4 Å². The SMILES string of the molecule is CCC(C)(NCNC1OC1C(/C=C\C=O)C[C@H](C)N(C)C)C(C)CCC(C)CCl. The maximum atomic E-state index is 10.8. The lowest BCUT2D eigenvalue weighted by Gasteiger charge is -2.37. The van der Waals surface area contributed by atoms with E-state index in [1.165, 1.54) is 6.42 Å². The molecule has 1 aliphatic rings. The summed E-state index contributed by atoms with van der Waals surface area (Å²) in [4.78, 5) is 13.0. The fourth-order valence-electron chi connectivity index (χ4n) is 3.66. The number of ether oxygens (including phenoxy) is 1. The molecule has 29 heavy (non-hydrogen) atoms. The number of carbonyl (C=O) groups excluding carboxylic acids is 1. The summed E-state index contributed by atoms with van der Waals surface area (Å²) in [5, 5.41) is 7.21. The van der Waals surface area contributed by atoms with Crippen molar-refractivity contribution >= 4 is 17.9 Å². The zero-order valence-corrected chi connectivity index (χ0v) is 20.3. The number of hydrogen-bond donors (Lipinski definition) is 2. The summed E-state index contributed by atoms with van der Waals surface area (Å²) < 4.78 is 5.91. The van der Waals surface area contributed by atoms with Gasteiger partial charge in [0.2, 0.25) is 0 Å². The standard InChI is InChI=1S/C23H44ClN3O2/c1-8-23(5,18(3)12-11-17(2)15-24)26-16-25-22-21(29-22)20(10-9-13-28)14-19(4)27(6)7/h9-10,13,17-22,25-26H,8,11-12,14-16H2,1-7H3/b10-9-/t17?,18?,19-,20?,21?,22?,23?/m0/s1. The van der Waals surface area contributed by atoms with Crippen LogP contribution in [-0.4, -0.2) is 61.7 Å². The van der Waals surface area contributed by atoms with Crippen LogP contribution in [0.1, 0.15) is 60.3 Å². The van der Waals surface area contributed by atoms with Crippen molar-refractivity contribution in [3.8, 4) is 0 Å². The topological polar surface area (TPSA) is 56.9 Å². The van der Waals surface area contributed by atoms with E-state index in [1.807, 2.05) is 6.08 Å². The van der Waals surface area contributed by atoms with Gasteiger partial charge in [0.25, 0.3) is 0 Å². The minimum atomic E-state index is 0.0471. The number of alkyl halides is 1. The lowest BCUT2D eigenvalue weighted by Crippen LogP contribution is -2.51. The fourth-order valence-corrected chi connectivity index (χ4v) is 3.81. The van der Waals surface area contributed by atoms with E-state index in [-0.39, 0.29) is 23.8 Å². The van der Waals surface area contributed by atoms with E-state index < -0.39 is 0 Å². The molecule has 0 bridgehead atoms. The van der Waals surface area contributed by atoms with Gasteiger partial charge in [0.15, 0.2) is 0 Å². The molecule has 0 aromatic carbocycles. The molecule has 6 heteroatoms. The molecule has 170 valence electrons. The van der Waals surface area contributed by atoms with E-state index in [0.29, 0.717) is 24.5 Å². The fraction of sp³-hybridized carbons (Fsp3) is 0.870. The number of rotatable bonds is 16. The highest BCUT2D eigenvalue weighted by molar-refractivity contribution is 6.18. The first-order valence-electron chi connectivity index (χ1n) is 11.2. The second-order valence-electron chi connectivity index (χ2n) is 9.32. The third kappa shape index (κ3) is 9.06. The Morgan fingerprint density at radius 3 is 2.48 bits per heavy atom. The smallest absolute Gasteiger partial charge is 0.142 e. The van der Waals surface area contributed by atoms with Crippen LogP contribution in [0.4, 0.5) is 0 Å². The molecule has 0 saturated carbocycles. The van der Waals surface area contributed by atoms with E-state index >= 15 is 0 Å². The van der Waals surface area contributed by atoms with Crippen molar-refractivity contribution in [2.24, 2.45) is 17.8 Å². The first kappa shape index (κ1) is 26.6. The molecule has 7 atom stereocenters. The molecular formula is C23H44ClN3O2. The predicted octanol–water partition coefficient (Wildman–Crippen LogP) is 4.02. The lowest BCUT2D eigenvalue weighted by molar-refractivity contribution is -0.104. The number of nitrogens with zero attached hydrogens (tertiary/aromatic N) is 1. The van der Waals surface area contributed by atoms with Crippen LogP contribution in [0.2, 0.25) is 0 Å². The Bertz CT molecular complexity index is 503. The van der Waals surface area contributed by atoms with Gasteiger partial charge < -0.3 is 9.64 Å². The minimum absolute atomic E-state index is 0.0471. The highest BCUT2D eigenvalue weighted by Crippen LogP contribution is 2.32. The summed E-state index contributed by atoms with van der Waals surface area (Å²) in [6.07, 6.45) is 8.99. The highest BCUT2D eigenvalue weighted by Gasteiger charge is 2.44. The molecule has 1 fully saturated rings. The molecule has 2 N–H and O–H groups in total. The van der Waals surface area contributed by atoms with Crippen LogP contribution in [-0.2, 0) is 9.53 Å². The van der Waals surface area contributed by atoms with Gasteiger partial charge in [-0.2, -0.15) is 0 Å². The van der Waals surface area contributed by atoms with Gasteiger partial charge in [0.1, 0.15) is 18.6 Å². The van der Waals surface area contributed by atoms with E-state index in [9.17, 15) is 4.79 Å². The van der Waals surface area contributed by atoms with Crippen LogP contribution in [0.25, 0.3) is 0 Å². The number of hydrogen-bond acceptors (Lipinski definition) is 5. The van der Waals surface area contributed by atoms with Gasteiger partial charge in [0, 0.05) is 30.0 Å². The summed E-state index contributed by atoms with van der Waals surface area (Å²) in [6.45, 7) is 12.0. The van der Waals surface area contributed by atoms with Crippen LogP contribution < -0.4 is 10.6 Å². The largest absolute Gasteiger partial charge is 0.353 e. The Hall–Kier alpha value is -0.460. The molecular weight excluding hydrogens is 386 g/mol. The summed E-state index contributed by atoms with van der Waals surface area (Å²) in [5.41, 5.74) is 0.0830. The van der Waals surface area contributed by atoms with E-state index in [1.54, 1.807) is 6.08 Å². The van der Waals surface area contributed by atoms with Gasteiger partial charge in [-0.3, -0.25) is 15.4 Å². The number of allylic oxidation sites excluding steroid dienone is 1. The summed E-state index contributed by atoms with van der Waals surface area (Å²) in [5.74, 6) is 2.11. The first-order valence-corrected chi connectivity index (χ1v) is 11.7. The molecule has 6 unspecified atom stereocenters. The van der Waals surface area contributed by atoms with Crippen LogP contribution >= 0.6 is 11.6 Å². The molecule has 1 rings (SSSR count). The van der Waals surface area contributed by atoms with Gasteiger partial charge >= 0.3 is 0 Å². The van der Waals surface area contributed by atoms with Crippen LogP contribution in [0, 0.1) is 17.8 Å². The third-order valence-corrected chi connectivity index (χ3v) is 7.38. The van der Waals surface area contributed by atoms with Crippen molar-refractivity contribution in [1.29, 1.82) is 0 Å². The van der Waals surface area contributed by atoms with Crippen molar-refractivity contribution in [1.82, 2.24) is 15.5 Å². The maximum absolute atomic E-state index is 10.8. The Morgan fingerprint density at radius 1 is 1.24 bits per heavy atom. The second-order valence-corrected chi connectivity index (χ2v) is 9.63. The molecule has 0 radical (unpaired) electrons. The van der Waals surface area contributed by atoms with Crippen molar-refractivity contribution < 1.29 is 9.53 Å². The third-order valence-electron chi connectivity index (χ3n) is 6.85. The Kier molecular flexibility index (Phi) is 12.0. The number of aldehydes is 1. The van der Waals surface area contributed by atoms with Gasteiger partial charge in [-0.25, -0.2) is 0 Å². The molecule has 0 aromatic rings. The molecule has 0 amide bonds. The van der Waals surface area contributed by atoms with Crippen molar-refractivity contribution in [2.45, 2.75) is 84.2 Å². The number of halogens is 1. The molecule has 1 heterocycles. The van der Waals surface area contributed by atoms with E-state index in [4.69, 9.17) is 16.3 Å². The van der Waals surface area contributed by atoms with Crippen LogP contribution in [0.5, 0.6) is 0 Å². The molecule has 1 saturated heterocycles. The Labute approximate surface area is 184 Å². The zero-order chi connectivity index (χ0) is 22.0. The molecule has 0 spiro atoms. The van der Waals surface area contributed by atoms with Crippen molar-refractivity contribution in [3.63, 3.8) is 0 Å². The van der Waals surface area contributed by atoms with E-state index in [2.05, 4.69) is 64.2 Å². The monoisotopic (exact) mass is 429 g/mol. The number of carbonyl (C=O) groups is 1. The van der Waals surface area contributed by atoms with Crippen molar-refractivity contribution in [2.75, 3.05) is 26.6 Å². The summed E-state index contributed by atoms with van der Waals surface area (Å²) in [7, 11) is 4.17. The average molecular weight is 430 g/mol. The molecule has 1 aliphatic heterocycles. The predicted molar refractivity (Wildman–Crippen MR) is 123 cm³/mol. The first-order chi connectivity index (χ1) is 13.7. The van der Waals surface area contributed by atoms with Crippen LogP contribution in [0.3, 0.4) is 0 Å². The van der Waals surface area contributed by atoms with Gasteiger partial charge in [-0.15, -0.1) is 11.6 Å². The molecule has 5 nitrogen and oxygen atoms in total. The number of epoxide rings is 1. The molecule has 0 aliphatic carbocycles. The molecule has 0 aromatic heterocycles. The summed E-state index contributed by atoms with van der Waals surface area (Å²) in [6, 6.07) is 0.430. The van der Waals surface area contributed by atoms with Gasteiger partial charge in [-0.05, 0) is 71.5 Å².